The summed E-state index contributed by atoms with van der Waals surface area (Å²) in [7, 11) is 1.54. The fraction of sp³-hybridized carbons (Fsp3) is 0.0714. The number of benzene rings is 2. The Kier molecular flexibility index (Phi) is 3.53. The van der Waals surface area contributed by atoms with Crippen LogP contribution in [0.4, 0.5) is 10.1 Å². The molecular formula is C14H11FN2O2. The Hall–Kier alpha value is -2.74. The number of hydrogen-bond donors (Lipinski definition) is 1. The van der Waals surface area contributed by atoms with Crippen LogP contribution in [0.2, 0.25) is 0 Å². The van der Waals surface area contributed by atoms with Crippen molar-refractivity contribution in [2.75, 3.05) is 12.8 Å². The van der Waals surface area contributed by atoms with E-state index in [9.17, 15) is 4.39 Å². The van der Waals surface area contributed by atoms with Crippen LogP contribution in [0.1, 0.15) is 5.56 Å². The summed E-state index contributed by atoms with van der Waals surface area (Å²) in [6.07, 6.45) is 0. The summed E-state index contributed by atoms with van der Waals surface area (Å²) in [4.78, 5) is 0. The SMILES string of the molecule is COc1cccc(Oc2cc(N)c(F)cc2C#N)c1. The van der Waals surface area contributed by atoms with E-state index in [-0.39, 0.29) is 17.0 Å². The van der Waals surface area contributed by atoms with Crippen molar-refractivity contribution in [3.05, 3.63) is 47.8 Å². The predicted octanol–water partition coefficient (Wildman–Crippen LogP) is 3.08. The third-order valence-corrected chi connectivity index (χ3v) is 2.49. The minimum Gasteiger partial charge on any atom is -0.497 e. The molecular weight excluding hydrogens is 247 g/mol. The lowest BCUT2D eigenvalue weighted by Crippen LogP contribution is -1.95. The van der Waals surface area contributed by atoms with E-state index in [0.717, 1.165) is 6.07 Å². The van der Waals surface area contributed by atoms with Gasteiger partial charge in [0.05, 0.1) is 18.4 Å². The van der Waals surface area contributed by atoms with Gasteiger partial charge in [-0.1, -0.05) is 6.07 Å². The molecule has 4 nitrogen and oxygen atoms in total. The van der Waals surface area contributed by atoms with Crippen molar-refractivity contribution in [3.63, 3.8) is 0 Å². The maximum absolute atomic E-state index is 13.3. The Morgan fingerprint density at radius 3 is 2.63 bits per heavy atom. The minimum atomic E-state index is -0.644. The second-order valence-corrected chi connectivity index (χ2v) is 3.76. The summed E-state index contributed by atoms with van der Waals surface area (Å²) >= 11 is 0. The molecule has 0 saturated heterocycles. The van der Waals surface area contributed by atoms with Crippen LogP contribution >= 0.6 is 0 Å². The van der Waals surface area contributed by atoms with Crippen molar-refractivity contribution in [3.8, 4) is 23.3 Å². The van der Waals surface area contributed by atoms with Gasteiger partial charge in [0.15, 0.2) is 0 Å². The average Bonchev–Trinajstić information content (AvgIpc) is 2.43. The number of nitriles is 1. The number of nitrogens with two attached hydrogens (primary N) is 1. The fourth-order valence-corrected chi connectivity index (χ4v) is 1.53. The maximum atomic E-state index is 13.3. The van der Waals surface area contributed by atoms with E-state index in [2.05, 4.69) is 0 Å². The van der Waals surface area contributed by atoms with Gasteiger partial charge in [0.25, 0.3) is 0 Å². The first kappa shape index (κ1) is 12.7. The van der Waals surface area contributed by atoms with E-state index in [4.69, 9.17) is 20.5 Å². The molecule has 0 radical (unpaired) electrons. The van der Waals surface area contributed by atoms with Crippen molar-refractivity contribution in [2.45, 2.75) is 0 Å². The summed E-state index contributed by atoms with van der Waals surface area (Å²) in [5.74, 6) is 0.650. The van der Waals surface area contributed by atoms with Crippen molar-refractivity contribution < 1.29 is 13.9 Å². The van der Waals surface area contributed by atoms with Gasteiger partial charge in [-0.3, -0.25) is 0 Å². The topological polar surface area (TPSA) is 68.3 Å². The number of nitrogens with zero attached hydrogens (tertiary/aromatic N) is 1. The molecule has 2 aromatic carbocycles. The van der Waals surface area contributed by atoms with Crippen LogP contribution in [0.5, 0.6) is 17.2 Å². The van der Waals surface area contributed by atoms with Gasteiger partial charge in [-0.15, -0.1) is 0 Å². The van der Waals surface area contributed by atoms with Crippen LogP contribution in [-0.2, 0) is 0 Å². The third-order valence-electron chi connectivity index (χ3n) is 2.49. The van der Waals surface area contributed by atoms with E-state index in [0.29, 0.717) is 11.5 Å². The number of methoxy groups -OCH3 is 1. The molecule has 0 saturated carbocycles. The second-order valence-electron chi connectivity index (χ2n) is 3.76. The van der Waals surface area contributed by atoms with Gasteiger partial charge >= 0.3 is 0 Å². The van der Waals surface area contributed by atoms with Gasteiger partial charge in [-0.05, 0) is 18.2 Å². The Bertz CT molecular complexity index is 650. The molecule has 0 amide bonds. The Labute approximate surface area is 109 Å². The highest BCUT2D eigenvalue weighted by molar-refractivity contribution is 5.55. The molecule has 0 aliphatic rings. The summed E-state index contributed by atoms with van der Waals surface area (Å²) in [5, 5.41) is 8.95. The van der Waals surface area contributed by atoms with Crippen LogP contribution in [0.25, 0.3) is 0 Å². The largest absolute Gasteiger partial charge is 0.497 e. The number of ether oxygens (including phenoxy) is 2. The lowest BCUT2D eigenvalue weighted by Gasteiger charge is -2.09. The summed E-state index contributed by atoms with van der Waals surface area (Å²) in [6.45, 7) is 0. The normalized spacial score (nSPS) is 9.74. The van der Waals surface area contributed by atoms with Crippen LogP contribution in [0.3, 0.4) is 0 Å². The first-order valence-corrected chi connectivity index (χ1v) is 5.45. The van der Waals surface area contributed by atoms with E-state index < -0.39 is 5.82 Å². The average molecular weight is 258 g/mol. The molecule has 0 aliphatic heterocycles. The van der Waals surface area contributed by atoms with E-state index >= 15 is 0 Å². The number of rotatable bonds is 3. The number of nitrogen functional groups attached to an aromatic ring is 1. The fourth-order valence-electron chi connectivity index (χ4n) is 1.53. The second kappa shape index (κ2) is 5.27. The maximum Gasteiger partial charge on any atom is 0.147 e. The molecule has 2 N–H and O–H groups in total. The standard InChI is InChI=1S/C14H11FN2O2/c1-18-10-3-2-4-11(6-10)19-14-7-13(17)12(15)5-9(14)8-16/h2-7H,17H2,1H3. The van der Waals surface area contributed by atoms with Crippen molar-refractivity contribution in [1.29, 1.82) is 5.26 Å². The van der Waals surface area contributed by atoms with E-state index in [1.165, 1.54) is 13.2 Å². The quantitative estimate of drug-likeness (QED) is 0.859. The molecule has 0 unspecified atom stereocenters. The van der Waals surface area contributed by atoms with Crippen molar-refractivity contribution in [2.24, 2.45) is 0 Å². The summed E-state index contributed by atoms with van der Waals surface area (Å²) < 4.78 is 23.8. The highest BCUT2D eigenvalue weighted by atomic mass is 19.1. The highest BCUT2D eigenvalue weighted by Gasteiger charge is 2.10. The number of hydrogen-bond acceptors (Lipinski definition) is 4. The molecule has 5 heteroatoms. The zero-order valence-corrected chi connectivity index (χ0v) is 10.2. The van der Waals surface area contributed by atoms with Gasteiger partial charge in [0, 0.05) is 12.1 Å². The monoisotopic (exact) mass is 258 g/mol. The molecule has 0 fully saturated rings. The van der Waals surface area contributed by atoms with Gasteiger partial charge in [-0.25, -0.2) is 4.39 Å². The van der Waals surface area contributed by atoms with Crippen LogP contribution in [-0.4, -0.2) is 7.11 Å². The lowest BCUT2D eigenvalue weighted by molar-refractivity contribution is 0.409. The van der Waals surface area contributed by atoms with Gasteiger partial charge in [0.1, 0.15) is 29.1 Å². The zero-order valence-electron chi connectivity index (χ0n) is 10.2. The smallest absolute Gasteiger partial charge is 0.147 e. The zero-order chi connectivity index (χ0) is 13.8. The van der Waals surface area contributed by atoms with E-state index in [1.807, 2.05) is 6.07 Å². The Morgan fingerprint density at radius 1 is 1.21 bits per heavy atom. The van der Waals surface area contributed by atoms with Gasteiger partial charge in [0.2, 0.25) is 0 Å². The highest BCUT2D eigenvalue weighted by Crippen LogP contribution is 2.30. The first-order valence-electron chi connectivity index (χ1n) is 5.45. The number of halogens is 1. The molecule has 0 atom stereocenters. The van der Waals surface area contributed by atoms with Gasteiger partial charge in [-0.2, -0.15) is 5.26 Å². The molecule has 2 rings (SSSR count). The molecule has 2 aromatic rings. The van der Waals surface area contributed by atoms with Crippen molar-refractivity contribution in [1.82, 2.24) is 0 Å². The van der Waals surface area contributed by atoms with E-state index in [1.54, 1.807) is 24.3 Å². The third kappa shape index (κ3) is 2.75. The molecule has 0 spiro atoms. The first-order chi connectivity index (χ1) is 9.13. The molecule has 0 aliphatic carbocycles. The lowest BCUT2D eigenvalue weighted by atomic mass is 10.2. The summed E-state index contributed by atoms with van der Waals surface area (Å²) in [6, 6.07) is 11.0. The van der Waals surface area contributed by atoms with Crippen LogP contribution < -0.4 is 15.2 Å². The van der Waals surface area contributed by atoms with Crippen LogP contribution in [0, 0.1) is 17.1 Å². The molecule has 0 bridgehead atoms. The Morgan fingerprint density at radius 2 is 1.95 bits per heavy atom. The summed E-state index contributed by atoms with van der Waals surface area (Å²) in [5.41, 5.74) is 5.47. The predicted molar refractivity (Wildman–Crippen MR) is 68.6 cm³/mol. The van der Waals surface area contributed by atoms with Crippen LogP contribution in [0.15, 0.2) is 36.4 Å². The number of anilines is 1. The molecule has 0 aromatic heterocycles. The Balaban J connectivity index is 2.37. The minimum absolute atomic E-state index is 0.0723. The molecule has 96 valence electrons. The molecule has 0 heterocycles. The molecule has 19 heavy (non-hydrogen) atoms. The van der Waals surface area contributed by atoms with Gasteiger partial charge < -0.3 is 15.2 Å². The van der Waals surface area contributed by atoms with Crippen molar-refractivity contribution >= 4 is 5.69 Å².